The summed E-state index contributed by atoms with van der Waals surface area (Å²) in [4.78, 5) is 0. The summed E-state index contributed by atoms with van der Waals surface area (Å²) >= 11 is 1.96. The quantitative estimate of drug-likeness (QED) is 0.445. The Kier molecular flexibility index (Phi) is 5.73. The normalized spacial score (nSPS) is 11.5. The van der Waals surface area contributed by atoms with Crippen molar-refractivity contribution < 1.29 is 0 Å². The van der Waals surface area contributed by atoms with Crippen LogP contribution in [0.25, 0.3) is 0 Å². The Morgan fingerprint density at radius 2 is 2.11 bits per heavy atom. The minimum Gasteiger partial charge on any atom is -0.387 e. The highest BCUT2D eigenvalue weighted by atomic mass is 32.2. The van der Waals surface area contributed by atoms with Crippen LogP contribution in [0.2, 0.25) is 0 Å². The van der Waals surface area contributed by atoms with Crippen molar-refractivity contribution in [1.82, 2.24) is 0 Å². The van der Waals surface area contributed by atoms with Gasteiger partial charge in [0.1, 0.15) is 0 Å². The maximum Gasteiger partial charge on any atom is 0.0963 e. The first-order valence-electron chi connectivity index (χ1n) is 6.39. The van der Waals surface area contributed by atoms with Crippen molar-refractivity contribution in [3.05, 3.63) is 35.4 Å². The molecule has 1 rings (SSSR count). The van der Waals surface area contributed by atoms with Gasteiger partial charge in [-0.25, -0.2) is 0 Å². The van der Waals surface area contributed by atoms with Crippen molar-refractivity contribution in [2.45, 2.75) is 39.4 Å². The van der Waals surface area contributed by atoms with Crippen LogP contribution in [0.15, 0.2) is 24.3 Å². The topological polar surface area (TPSA) is 49.9 Å². The third-order valence-electron chi connectivity index (χ3n) is 3.17. The van der Waals surface area contributed by atoms with E-state index in [1.807, 2.05) is 25.6 Å². The number of rotatable bonds is 7. The summed E-state index contributed by atoms with van der Waals surface area (Å²) < 4.78 is 0. The lowest BCUT2D eigenvalue weighted by molar-refractivity contribution is 0.464. The number of aryl methyl sites for hydroxylation is 1. The first kappa shape index (κ1) is 15.1. The zero-order valence-electron chi connectivity index (χ0n) is 11.6. The smallest absolute Gasteiger partial charge is 0.0963 e. The maximum absolute atomic E-state index is 7.51. The summed E-state index contributed by atoms with van der Waals surface area (Å²) in [6.07, 6.45) is 2.10. The second kappa shape index (κ2) is 6.83. The average Bonchev–Trinajstić information content (AvgIpc) is 2.28. The van der Waals surface area contributed by atoms with Crippen molar-refractivity contribution in [1.29, 1.82) is 5.41 Å². The molecule has 3 N–H and O–H groups in total. The molecule has 0 radical (unpaired) electrons. The molecule has 1 aromatic rings. The molecule has 100 valence electrons. The molecule has 0 aliphatic heterocycles. The molecular formula is C15H24N2S. The van der Waals surface area contributed by atoms with Crippen LogP contribution in [-0.2, 0) is 5.75 Å². The van der Waals surface area contributed by atoms with E-state index < -0.39 is 0 Å². The molecule has 2 nitrogen and oxygen atoms in total. The molecule has 0 heterocycles. The highest BCUT2D eigenvalue weighted by molar-refractivity contribution is 7.98. The van der Waals surface area contributed by atoms with Gasteiger partial charge in [-0.1, -0.05) is 43.7 Å². The number of thioether (sulfide) groups is 1. The standard InChI is InChI=1S/C15H24N2S/c1-12-6-4-7-13(10-12)11-18-9-5-8-15(2,3)14(16)17/h4,6-7,10H,5,8-9,11H2,1-3H3,(H3,16,17). The molecule has 1 aromatic carbocycles. The van der Waals surface area contributed by atoms with Crippen molar-refractivity contribution in [2.75, 3.05) is 5.75 Å². The maximum atomic E-state index is 7.51. The lowest BCUT2D eigenvalue weighted by atomic mass is 9.87. The van der Waals surface area contributed by atoms with Gasteiger partial charge < -0.3 is 5.73 Å². The number of nitrogens with one attached hydrogen (secondary N) is 1. The Morgan fingerprint density at radius 3 is 2.72 bits per heavy atom. The third kappa shape index (κ3) is 5.13. The van der Waals surface area contributed by atoms with Gasteiger partial charge in [0.2, 0.25) is 0 Å². The van der Waals surface area contributed by atoms with E-state index in [-0.39, 0.29) is 5.41 Å². The summed E-state index contributed by atoms with van der Waals surface area (Å²) in [5.74, 6) is 2.50. The van der Waals surface area contributed by atoms with Gasteiger partial charge in [-0.15, -0.1) is 0 Å². The molecular weight excluding hydrogens is 240 g/mol. The third-order valence-corrected chi connectivity index (χ3v) is 4.29. The second-order valence-electron chi connectivity index (χ2n) is 5.44. The molecule has 18 heavy (non-hydrogen) atoms. The van der Waals surface area contributed by atoms with Crippen LogP contribution < -0.4 is 5.73 Å². The summed E-state index contributed by atoms with van der Waals surface area (Å²) in [6.45, 7) is 6.21. The summed E-state index contributed by atoms with van der Waals surface area (Å²) in [5.41, 5.74) is 8.14. The molecule has 0 aliphatic carbocycles. The fraction of sp³-hybridized carbons (Fsp3) is 0.533. The SMILES string of the molecule is Cc1cccc(CSCCCC(C)(C)C(=N)N)c1. The molecule has 0 saturated carbocycles. The number of nitrogens with two attached hydrogens (primary N) is 1. The van der Waals surface area contributed by atoms with Crippen LogP contribution in [-0.4, -0.2) is 11.6 Å². The number of hydrogen-bond acceptors (Lipinski definition) is 2. The van der Waals surface area contributed by atoms with Gasteiger partial charge in [0.05, 0.1) is 5.84 Å². The first-order valence-corrected chi connectivity index (χ1v) is 7.55. The Labute approximate surface area is 115 Å². The zero-order chi connectivity index (χ0) is 13.6. The van der Waals surface area contributed by atoms with Crippen molar-refractivity contribution in [2.24, 2.45) is 11.1 Å². The highest BCUT2D eigenvalue weighted by Crippen LogP contribution is 2.24. The van der Waals surface area contributed by atoms with Crippen molar-refractivity contribution >= 4 is 17.6 Å². The van der Waals surface area contributed by atoms with Gasteiger partial charge >= 0.3 is 0 Å². The van der Waals surface area contributed by atoms with E-state index in [0.29, 0.717) is 5.84 Å². The summed E-state index contributed by atoms with van der Waals surface area (Å²) in [6, 6.07) is 8.67. The first-order chi connectivity index (χ1) is 8.42. The predicted molar refractivity (Wildman–Crippen MR) is 82.3 cm³/mol. The number of amidine groups is 1. The Morgan fingerprint density at radius 1 is 1.39 bits per heavy atom. The molecule has 0 saturated heterocycles. The summed E-state index contributed by atoms with van der Waals surface area (Å²) in [7, 11) is 0. The monoisotopic (exact) mass is 264 g/mol. The van der Waals surface area contributed by atoms with E-state index in [4.69, 9.17) is 11.1 Å². The second-order valence-corrected chi connectivity index (χ2v) is 6.55. The van der Waals surface area contributed by atoms with Crippen molar-refractivity contribution in [3.8, 4) is 0 Å². The molecule has 0 bridgehead atoms. The Bertz CT molecular complexity index is 399. The molecule has 3 heteroatoms. The Balaban J connectivity index is 2.22. The van der Waals surface area contributed by atoms with Gasteiger partial charge in [-0.2, -0.15) is 11.8 Å². The molecule has 0 spiro atoms. The van der Waals surface area contributed by atoms with E-state index in [2.05, 4.69) is 31.2 Å². The summed E-state index contributed by atoms with van der Waals surface area (Å²) in [5, 5.41) is 7.51. The van der Waals surface area contributed by atoms with Gasteiger partial charge in [-0.05, 0) is 31.1 Å². The molecule has 0 aromatic heterocycles. The lowest BCUT2D eigenvalue weighted by Crippen LogP contribution is -2.30. The fourth-order valence-corrected chi connectivity index (χ4v) is 2.65. The van der Waals surface area contributed by atoms with Gasteiger partial charge in [0, 0.05) is 11.2 Å². The van der Waals surface area contributed by atoms with Gasteiger partial charge in [0.15, 0.2) is 0 Å². The Hall–Kier alpha value is -0.960. The fourth-order valence-electron chi connectivity index (χ4n) is 1.74. The van der Waals surface area contributed by atoms with E-state index in [1.54, 1.807) is 0 Å². The largest absolute Gasteiger partial charge is 0.387 e. The van der Waals surface area contributed by atoms with Crippen LogP contribution in [0.5, 0.6) is 0 Å². The van der Waals surface area contributed by atoms with Crippen LogP contribution in [0.3, 0.4) is 0 Å². The van der Waals surface area contributed by atoms with Crippen molar-refractivity contribution in [3.63, 3.8) is 0 Å². The van der Waals surface area contributed by atoms with Crippen LogP contribution in [0.4, 0.5) is 0 Å². The van der Waals surface area contributed by atoms with E-state index in [1.165, 1.54) is 11.1 Å². The van der Waals surface area contributed by atoms with Gasteiger partial charge in [-0.3, -0.25) is 5.41 Å². The minimum atomic E-state index is -0.149. The van der Waals surface area contributed by atoms with E-state index in [0.717, 1.165) is 24.3 Å². The number of hydrogen-bond donors (Lipinski definition) is 2. The number of benzene rings is 1. The van der Waals surface area contributed by atoms with Crippen LogP contribution >= 0.6 is 11.8 Å². The van der Waals surface area contributed by atoms with Crippen LogP contribution in [0, 0.1) is 17.7 Å². The predicted octanol–water partition coefficient (Wildman–Crippen LogP) is 3.97. The average molecular weight is 264 g/mol. The molecule has 0 fully saturated rings. The highest BCUT2D eigenvalue weighted by Gasteiger charge is 2.20. The molecule has 0 atom stereocenters. The lowest BCUT2D eigenvalue weighted by Gasteiger charge is -2.22. The molecule has 0 aliphatic rings. The van der Waals surface area contributed by atoms with E-state index in [9.17, 15) is 0 Å². The zero-order valence-corrected chi connectivity index (χ0v) is 12.4. The van der Waals surface area contributed by atoms with Gasteiger partial charge in [0.25, 0.3) is 0 Å². The molecule has 0 amide bonds. The minimum absolute atomic E-state index is 0.149. The molecule has 0 unspecified atom stereocenters. The van der Waals surface area contributed by atoms with E-state index >= 15 is 0 Å². The van der Waals surface area contributed by atoms with Crippen LogP contribution in [0.1, 0.15) is 37.8 Å².